The largest absolute Gasteiger partial charge is 0.309 e. The third-order valence-electron chi connectivity index (χ3n) is 3.59. The molecule has 7 heteroatoms. The average molecular weight is 312 g/mol. The summed E-state index contributed by atoms with van der Waals surface area (Å²) >= 11 is 0. The molecular weight excluding hydrogens is 296 g/mol. The van der Waals surface area contributed by atoms with Crippen molar-refractivity contribution in [1.29, 1.82) is 0 Å². The van der Waals surface area contributed by atoms with Crippen LogP contribution in [-0.4, -0.2) is 38.9 Å². The molecule has 1 N–H and O–H groups in total. The van der Waals surface area contributed by atoms with Crippen LogP contribution >= 0.6 is 0 Å². The molecule has 0 bridgehead atoms. The molecule has 0 unspecified atom stereocenters. The van der Waals surface area contributed by atoms with E-state index in [1.165, 1.54) is 0 Å². The summed E-state index contributed by atoms with van der Waals surface area (Å²) in [6.07, 6.45) is 2.29. The van der Waals surface area contributed by atoms with Gasteiger partial charge >= 0.3 is 0 Å². The third-order valence-corrected chi connectivity index (χ3v) is 3.59. The fraction of sp³-hybridized carbons (Fsp3) is 0.250. The van der Waals surface area contributed by atoms with Crippen LogP contribution in [0.3, 0.4) is 0 Å². The molecule has 1 aliphatic rings. The highest BCUT2D eigenvalue weighted by Gasteiger charge is 2.28. The van der Waals surface area contributed by atoms with Crippen LogP contribution < -0.4 is 5.32 Å². The highest BCUT2D eigenvalue weighted by Crippen LogP contribution is 2.13. The van der Waals surface area contributed by atoms with Gasteiger partial charge in [-0.1, -0.05) is 18.2 Å². The molecule has 0 atom stereocenters. The Balaban J connectivity index is 1.55. The molecule has 1 saturated heterocycles. The molecule has 0 saturated carbocycles. The molecule has 7 nitrogen and oxygen atoms in total. The maximum Gasteiger partial charge on any atom is 0.229 e. The second-order valence-corrected chi connectivity index (χ2v) is 5.22. The van der Waals surface area contributed by atoms with Crippen molar-refractivity contribution in [3.05, 3.63) is 42.6 Å². The van der Waals surface area contributed by atoms with E-state index in [0.717, 1.165) is 10.6 Å². The molecular formula is C16H16N4O3. The van der Waals surface area contributed by atoms with Crippen molar-refractivity contribution in [2.24, 2.45) is 0 Å². The number of carbonyl (C=O) groups is 3. The topological polar surface area (TPSA) is 84.3 Å². The van der Waals surface area contributed by atoms with Gasteiger partial charge in [0.25, 0.3) is 0 Å². The molecule has 1 aromatic carbocycles. The van der Waals surface area contributed by atoms with Gasteiger partial charge in [-0.3, -0.25) is 19.3 Å². The van der Waals surface area contributed by atoms with Gasteiger partial charge in [0.1, 0.15) is 0 Å². The van der Waals surface area contributed by atoms with Crippen LogP contribution in [0.25, 0.3) is 5.69 Å². The highest BCUT2D eigenvalue weighted by molar-refractivity contribution is 6.02. The number of nitrogens with one attached hydrogen (secondary N) is 1. The van der Waals surface area contributed by atoms with Gasteiger partial charge in [-0.05, 0) is 12.1 Å². The lowest BCUT2D eigenvalue weighted by Crippen LogP contribution is -2.32. The van der Waals surface area contributed by atoms with E-state index in [4.69, 9.17) is 0 Å². The van der Waals surface area contributed by atoms with Crippen molar-refractivity contribution in [3.8, 4) is 5.69 Å². The number of aromatic nitrogens is 2. The van der Waals surface area contributed by atoms with E-state index in [2.05, 4.69) is 10.4 Å². The first-order valence-corrected chi connectivity index (χ1v) is 7.37. The van der Waals surface area contributed by atoms with Crippen molar-refractivity contribution in [3.63, 3.8) is 0 Å². The van der Waals surface area contributed by atoms with Gasteiger partial charge in [-0.15, -0.1) is 0 Å². The number of rotatable bonds is 5. The predicted molar refractivity (Wildman–Crippen MR) is 82.8 cm³/mol. The fourth-order valence-electron chi connectivity index (χ4n) is 2.41. The van der Waals surface area contributed by atoms with Gasteiger partial charge in [0.15, 0.2) is 5.82 Å². The van der Waals surface area contributed by atoms with Crippen LogP contribution in [0.1, 0.15) is 19.3 Å². The lowest BCUT2D eigenvalue weighted by Gasteiger charge is -2.12. The van der Waals surface area contributed by atoms with Gasteiger partial charge in [0, 0.05) is 38.1 Å². The van der Waals surface area contributed by atoms with Crippen LogP contribution in [0.5, 0.6) is 0 Å². The lowest BCUT2D eigenvalue weighted by molar-refractivity contribution is -0.138. The number of anilines is 1. The number of likely N-dealkylation sites (tertiary alicyclic amines) is 1. The number of imide groups is 1. The third kappa shape index (κ3) is 3.45. The summed E-state index contributed by atoms with van der Waals surface area (Å²) in [6.45, 7) is 0.114. The molecule has 3 rings (SSSR count). The van der Waals surface area contributed by atoms with E-state index in [1.807, 2.05) is 30.3 Å². The quantitative estimate of drug-likeness (QED) is 0.845. The Morgan fingerprint density at radius 2 is 1.78 bits per heavy atom. The molecule has 3 amide bonds. The molecule has 1 fully saturated rings. The van der Waals surface area contributed by atoms with E-state index in [9.17, 15) is 14.4 Å². The van der Waals surface area contributed by atoms with Gasteiger partial charge in [0.05, 0.1) is 5.69 Å². The average Bonchev–Trinajstić information content (AvgIpc) is 3.14. The maximum atomic E-state index is 11.9. The normalized spacial score (nSPS) is 14.3. The molecule has 2 heterocycles. The zero-order valence-electron chi connectivity index (χ0n) is 12.4. The fourth-order valence-corrected chi connectivity index (χ4v) is 2.41. The first kappa shape index (κ1) is 15.0. The van der Waals surface area contributed by atoms with Gasteiger partial charge in [-0.25, -0.2) is 4.68 Å². The summed E-state index contributed by atoms with van der Waals surface area (Å²) in [4.78, 5) is 36.0. The summed E-state index contributed by atoms with van der Waals surface area (Å²) in [5.41, 5.74) is 0.890. The second kappa shape index (κ2) is 6.43. The molecule has 23 heavy (non-hydrogen) atoms. The molecule has 0 radical (unpaired) electrons. The number of hydrogen-bond donors (Lipinski definition) is 1. The van der Waals surface area contributed by atoms with E-state index < -0.39 is 0 Å². The van der Waals surface area contributed by atoms with Crippen molar-refractivity contribution in [1.82, 2.24) is 14.7 Å². The van der Waals surface area contributed by atoms with Crippen LogP contribution in [0, 0.1) is 0 Å². The number of nitrogens with zero attached hydrogens (tertiary/aromatic N) is 3. The SMILES string of the molecule is O=C(CCN1C(=O)CCC1=O)Nc1ccn(-c2ccccc2)n1. The van der Waals surface area contributed by atoms with E-state index in [1.54, 1.807) is 16.9 Å². The molecule has 118 valence electrons. The minimum Gasteiger partial charge on any atom is -0.309 e. The molecule has 1 aromatic heterocycles. The molecule has 2 aromatic rings. The van der Waals surface area contributed by atoms with Gasteiger partial charge < -0.3 is 5.32 Å². The summed E-state index contributed by atoms with van der Waals surface area (Å²) in [6, 6.07) is 11.2. The second-order valence-electron chi connectivity index (χ2n) is 5.22. The van der Waals surface area contributed by atoms with Crippen molar-refractivity contribution in [2.75, 3.05) is 11.9 Å². The summed E-state index contributed by atoms with van der Waals surface area (Å²) < 4.78 is 1.66. The number of carbonyl (C=O) groups excluding carboxylic acids is 3. The Bertz CT molecular complexity index is 723. The van der Waals surface area contributed by atoms with Crippen molar-refractivity contribution >= 4 is 23.5 Å². The van der Waals surface area contributed by atoms with Crippen molar-refractivity contribution < 1.29 is 14.4 Å². The van der Waals surface area contributed by atoms with E-state index in [-0.39, 0.29) is 43.5 Å². The number of para-hydroxylation sites is 1. The Morgan fingerprint density at radius 1 is 1.09 bits per heavy atom. The van der Waals surface area contributed by atoms with E-state index >= 15 is 0 Å². The van der Waals surface area contributed by atoms with Gasteiger partial charge in [-0.2, -0.15) is 5.10 Å². The number of amides is 3. The minimum absolute atomic E-state index is 0.0652. The number of benzene rings is 1. The Morgan fingerprint density at radius 3 is 2.48 bits per heavy atom. The summed E-state index contributed by atoms with van der Waals surface area (Å²) in [5.74, 6) is -0.277. The Hall–Kier alpha value is -2.96. The molecule has 1 aliphatic heterocycles. The molecule has 0 spiro atoms. The summed E-state index contributed by atoms with van der Waals surface area (Å²) in [7, 11) is 0. The van der Waals surface area contributed by atoms with Crippen LogP contribution in [0.2, 0.25) is 0 Å². The number of hydrogen-bond acceptors (Lipinski definition) is 4. The van der Waals surface area contributed by atoms with Crippen LogP contribution in [0.15, 0.2) is 42.6 Å². The Kier molecular flexibility index (Phi) is 4.18. The zero-order chi connectivity index (χ0) is 16.2. The predicted octanol–water partition coefficient (Wildman–Crippen LogP) is 1.35. The van der Waals surface area contributed by atoms with Gasteiger partial charge in [0.2, 0.25) is 17.7 Å². The molecule has 0 aliphatic carbocycles. The first-order chi connectivity index (χ1) is 11.1. The highest BCUT2D eigenvalue weighted by atomic mass is 16.2. The van der Waals surface area contributed by atoms with Crippen LogP contribution in [-0.2, 0) is 14.4 Å². The smallest absolute Gasteiger partial charge is 0.229 e. The zero-order valence-corrected chi connectivity index (χ0v) is 12.4. The van der Waals surface area contributed by atoms with Crippen molar-refractivity contribution in [2.45, 2.75) is 19.3 Å². The van der Waals surface area contributed by atoms with E-state index in [0.29, 0.717) is 5.82 Å². The lowest BCUT2D eigenvalue weighted by atomic mass is 10.3. The minimum atomic E-state index is -0.282. The maximum absolute atomic E-state index is 11.9. The summed E-state index contributed by atoms with van der Waals surface area (Å²) in [5, 5.41) is 6.93. The Labute approximate surface area is 132 Å². The standard InChI is InChI=1S/C16H16N4O3/c21-14(9-10-19-15(22)6-7-16(19)23)17-13-8-11-20(18-13)12-4-2-1-3-5-12/h1-5,8,11H,6-7,9-10H2,(H,17,18,21). The van der Waals surface area contributed by atoms with Crippen LogP contribution in [0.4, 0.5) is 5.82 Å². The monoisotopic (exact) mass is 312 g/mol. The first-order valence-electron chi connectivity index (χ1n) is 7.37.